The van der Waals surface area contributed by atoms with Gasteiger partial charge in [0, 0.05) is 13.0 Å². The number of carbonyl (C=O) groups excluding carboxylic acids is 2. The number of ether oxygens (including phenoxy) is 1. The minimum absolute atomic E-state index is 0.130. The van der Waals surface area contributed by atoms with E-state index < -0.39 is 11.7 Å². The summed E-state index contributed by atoms with van der Waals surface area (Å²) in [6.07, 6.45) is 0.687. The highest BCUT2D eigenvalue weighted by Gasteiger charge is 2.30. The molecule has 0 aliphatic carbocycles. The summed E-state index contributed by atoms with van der Waals surface area (Å²) in [5, 5.41) is 0. The molecule has 0 aromatic rings. The molecule has 0 aromatic carbocycles. The Morgan fingerprint density at radius 3 is 2.20 bits per heavy atom. The first-order valence-corrected chi connectivity index (χ1v) is 5.43. The van der Waals surface area contributed by atoms with E-state index in [4.69, 9.17) is 4.74 Å². The lowest BCUT2D eigenvalue weighted by Crippen LogP contribution is -2.37. The summed E-state index contributed by atoms with van der Waals surface area (Å²) in [6.45, 7) is 9.84. The SMILES string of the molecule is CC.CC(C)(C)OC(=O)N1CCCC1=O. The number of rotatable bonds is 0. The average molecular weight is 215 g/mol. The molecule has 4 nitrogen and oxygen atoms in total. The second kappa shape index (κ2) is 5.73. The highest BCUT2D eigenvalue weighted by molar-refractivity contribution is 5.93. The Balaban J connectivity index is 0.000000921. The molecule has 1 saturated heterocycles. The van der Waals surface area contributed by atoms with Crippen molar-refractivity contribution < 1.29 is 14.3 Å². The molecule has 1 aliphatic rings. The molecule has 0 saturated carbocycles. The van der Waals surface area contributed by atoms with Crippen LogP contribution in [0.15, 0.2) is 0 Å². The van der Waals surface area contributed by atoms with Gasteiger partial charge in [-0.2, -0.15) is 0 Å². The number of carbonyl (C=O) groups is 2. The van der Waals surface area contributed by atoms with Crippen LogP contribution in [-0.4, -0.2) is 29.0 Å². The fraction of sp³-hybridized carbons (Fsp3) is 0.818. The topological polar surface area (TPSA) is 46.6 Å². The van der Waals surface area contributed by atoms with Gasteiger partial charge in [0.1, 0.15) is 5.60 Å². The van der Waals surface area contributed by atoms with E-state index in [0.29, 0.717) is 13.0 Å². The summed E-state index contributed by atoms with van der Waals surface area (Å²) in [6, 6.07) is 0. The van der Waals surface area contributed by atoms with Crippen molar-refractivity contribution in [1.29, 1.82) is 0 Å². The number of hydrogen-bond donors (Lipinski definition) is 0. The van der Waals surface area contributed by atoms with Crippen LogP contribution in [-0.2, 0) is 9.53 Å². The molecule has 0 radical (unpaired) electrons. The Kier molecular flexibility index (Phi) is 5.33. The molecule has 2 amide bonds. The lowest BCUT2D eigenvalue weighted by molar-refractivity contribution is -0.126. The van der Waals surface area contributed by atoms with Crippen LogP contribution in [0.4, 0.5) is 4.79 Å². The second-order valence-electron chi connectivity index (χ2n) is 4.13. The van der Waals surface area contributed by atoms with E-state index in [1.165, 1.54) is 4.90 Å². The second-order valence-corrected chi connectivity index (χ2v) is 4.13. The van der Waals surface area contributed by atoms with Crippen molar-refractivity contribution in [3.63, 3.8) is 0 Å². The molecule has 15 heavy (non-hydrogen) atoms. The molecule has 1 fully saturated rings. The number of imide groups is 1. The van der Waals surface area contributed by atoms with Gasteiger partial charge in [0.15, 0.2) is 0 Å². The minimum atomic E-state index is -0.528. The average Bonchev–Trinajstić information content (AvgIpc) is 2.52. The van der Waals surface area contributed by atoms with E-state index in [-0.39, 0.29) is 5.91 Å². The normalized spacial score (nSPS) is 15.8. The molecular formula is C11H21NO3. The highest BCUT2D eigenvalue weighted by Crippen LogP contribution is 2.15. The maximum Gasteiger partial charge on any atom is 0.417 e. The van der Waals surface area contributed by atoms with E-state index in [9.17, 15) is 9.59 Å². The summed E-state index contributed by atoms with van der Waals surface area (Å²) >= 11 is 0. The van der Waals surface area contributed by atoms with Gasteiger partial charge in [0.05, 0.1) is 0 Å². The zero-order valence-corrected chi connectivity index (χ0v) is 10.3. The molecule has 0 bridgehead atoms. The van der Waals surface area contributed by atoms with Crippen molar-refractivity contribution in [1.82, 2.24) is 4.90 Å². The Morgan fingerprint density at radius 2 is 1.87 bits per heavy atom. The fourth-order valence-corrected chi connectivity index (χ4v) is 1.16. The molecule has 0 atom stereocenters. The predicted octanol–water partition coefficient (Wildman–Crippen LogP) is 2.57. The highest BCUT2D eigenvalue weighted by atomic mass is 16.6. The van der Waals surface area contributed by atoms with Crippen LogP contribution in [0.25, 0.3) is 0 Å². The smallest absolute Gasteiger partial charge is 0.417 e. The third kappa shape index (κ3) is 4.81. The molecule has 88 valence electrons. The van der Waals surface area contributed by atoms with Crippen molar-refractivity contribution in [2.75, 3.05) is 6.54 Å². The predicted molar refractivity (Wildman–Crippen MR) is 58.5 cm³/mol. The molecule has 1 heterocycles. The number of nitrogens with zero attached hydrogens (tertiary/aromatic N) is 1. The molecule has 0 aromatic heterocycles. The van der Waals surface area contributed by atoms with E-state index >= 15 is 0 Å². The van der Waals surface area contributed by atoms with Gasteiger partial charge >= 0.3 is 6.09 Å². The number of hydrogen-bond acceptors (Lipinski definition) is 3. The summed E-state index contributed by atoms with van der Waals surface area (Å²) in [5.41, 5.74) is -0.528. The maximum absolute atomic E-state index is 11.4. The fourth-order valence-electron chi connectivity index (χ4n) is 1.16. The van der Waals surface area contributed by atoms with Crippen molar-refractivity contribution in [3.05, 3.63) is 0 Å². The van der Waals surface area contributed by atoms with Gasteiger partial charge in [0.25, 0.3) is 0 Å². The molecule has 0 unspecified atom stereocenters. The third-order valence-corrected chi connectivity index (χ3v) is 1.69. The van der Waals surface area contributed by atoms with Crippen LogP contribution in [0.1, 0.15) is 47.5 Å². The largest absolute Gasteiger partial charge is 0.443 e. The Bertz CT molecular complexity index is 230. The zero-order valence-electron chi connectivity index (χ0n) is 10.3. The lowest BCUT2D eigenvalue weighted by atomic mass is 10.2. The van der Waals surface area contributed by atoms with Crippen LogP contribution in [0.3, 0.4) is 0 Å². The molecule has 4 heteroatoms. The zero-order chi connectivity index (χ0) is 12.1. The van der Waals surface area contributed by atoms with Gasteiger partial charge in [0.2, 0.25) is 5.91 Å². The van der Waals surface area contributed by atoms with Gasteiger partial charge in [-0.1, -0.05) is 13.8 Å². The molecule has 1 rings (SSSR count). The van der Waals surface area contributed by atoms with Crippen molar-refractivity contribution in [3.8, 4) is 0 Å². The summed E-state index contributed by atoms with van der Waals surface area (Å²) in [5.74, 6) is -0.130. The van der Waals surface area contributed by atoms with E-state index in [1.54, 1.807) is 20.8 Å². The third-order valence-electron chi connectivity index (χ3n) is 1.69. The lowest BCUT2D eigenvalue weighted by Gasteiger charge is -2.23. The molecular weight excluding hydrogens is 194 g/mol. The van der Waals surface area contributed by atoms with Gasteiger partial charge < -0.3 is 4.74 Å². The molecule has 0 N–H and O–H groups in total. The van der Waals surface area contributed by atoms with Crippen LogP contribution < -0.4 is 0 Å². The van der Waals surface area contributed by atoms with Crippen LogP contribution in [0, 0.1) is 0 Å². The van der Waals surface area contributed by atoms with Crippen LogP contribution in [0.2, 0.25) is 0 Å². The standard InChI is InChI=1S/C9H15NO3.C2H6/c1-9(2,3)13-8(12)10-6-4-5-7(10)11;1-2/h4-6H2,1-3H3;1-2H3. The Labute approximate surface area is 91.6 Å². The van der Waals surface area contributed by atoms with Crippen molar-refractivity contribution in [2.45, 2.75) is 53.1 Å². The summed E-state index contributed by atoms with van der Waals surface area (Å²) in [7, 11) is 0. The first-order valence-electron chi connectivity index (χ1n) is 5.43. The summed E-state index contributed by atoms with van der Waals surface area (Å²) in [4.78, 5) is 23.7. The number of amides is 2. The number of likely N-dealkylation sites (tertiary alicyclic amines) is 1. The minimum Gasteiger partial charge on any atom is -0.443 e. The van der Waals surface area contributed by atoms with E-state index in [1.807, 2.05) is 13.8 Å². The van der Waals surface area contributed by atoms with Crippen LogP contribution in [0.5, 0.6) is 0 Å². The Hall–Kier alpha value is -1.06. The van der Waals surface area contributed by atoms with Gasteiger partial charge in [-0.3, -0.25) is 4.79 Å². The van der Waals surface area contributed by atoms with Gasteiger partial charge in [-0.05, 0) is 27.2 Å². The van der Waals surface area contributed by atoms with E-state index in [2.05, 4.69) is 0 Å². The monoisotopic (exact) mass is 215 g/mol. The van der Waals surface area contributed by atoms with Crippen molar-refractivity contribution in [2.24, 2.45) is 0 Å². The van der Waals surface area contributed by atoms with E-state index in [0.717, 1.165) is 6.42 Å². The summed E-state index contributed by atoms with van der Waals surface area (Å²) < 4.78 is 5.06. The molecule has 0 spiro atoms. The first-order chi connectivity index (χ1) is 6.90. The first kappa shape index (κ1) is 13.9. The maximum atomic E-state index is 11.4. The quantitative estimate of drug-likeness (QED) is 0.624. The van der Waals surface area contributed by atoms with Crippen LogP contribution >= 0.6 is 0 Å². The van der Waals surface area contributed by atoms with Crippen molar-refractivity contribution >= 4 is 12.0 Å². The molecule has 1 aliphatic heterocycles. The Morgan fingerprint density at radius 1 is 1.33 bits per heavy atom. The van der Waals surface area contributed by atoms with Gasteiger partial charge in [-0.25, -0.2) is 9.69 Å². The van der Waals surface area contributed by atoms with Gasteiger partial charge in [-0.15, -0.1) is 0 Å².